The molecule has 0 saturated carbocycles. The number of carbonyl (C=O) groups excluding carboxylic acids is 3. The van der Waals surface area contributed by atoms with Crippen molar-refractivity contribution in [2.45, 2.75) is 23.4 Å². The van der Waals surface area contributed by atoms with Crippen LogP contribution in [0.15, 0.2) is 72.8 Å². The highest BCUT2D eigenvalue weighted by Crippen LogP contribution is 2.46. The Morgan fingerprint density at radius 2 is 1.56 bits per heavy atom. The number of halogens is 2. The molecule has 1 unspecified atom stereocenters. The SMILES string of the molecule is CSC[C@@H](C(=O)O)N(C(=O)CN)C(=O)COc1ccc([C@@H]2[C@@H](SCC(O)c3ccc(F)cc3)C(=O)N2c2ccc(F)cc2)cc1. The maximum absolute atomic E-state index is 13.6. The number of nitrogens with two attached hydrogens (primary N) is 1. The number of anilines is 1. The van der Waals surface area contributed by atoms with E-state index in [9.17, 15) is 38.2 Å². The quantitative estimate of drug-likeness (QED) is 0.220. The molecule has 1 saturated heterocycles. The Kier molecular flexibility index (Phi) is 11.6. The zero-order chi connectivity index (χ0) is 32.7. The molecule has 10 nitrogen and oxygen atoms in total. The van der Waals surface area contributed by atoms with Crippen molar-refractivity contribution in [3.63, 3.8) is 0 Å². The monoisotopic (exact) mass is 659 g/mol. The summed E-state index contributed by atoms with van der Waals surface area (Å²) in [6, 6.07) is 15.5. The predicted molar refractivity (Wildman–Crippen MR) is 167 cm³/mol. The summed E-state index contributed by atoms with van der Waals surface area (Å²) in [5.41, 5.74) is 7.09. The van der Waals surface area contributed by atoms with Crippen molar-refractivity contribution >= 4 is 52.9 Å². The number of ether oxygens (including phenoxy) is 1. The Morgan fingerprint density at radius 1 is 0.956 bits per heavy atom. The second kappa shape index (κ2) is 15.3. The molecule has 1 heterocycles. The van der Waals surface area contributed by atoms with E-state index >= 15 is 0 Å². The van der Waals surface area contributed by atoms with Crippen molar-refractivity contribution in [1.29, 1.82) is 0 Å². The van der Waals surface area contributed by atoms with E-state index < -0.39 is 66.0 Å². The first-order valence-corrected chi connectivity index (χ1v) is 16.1. The van der Waals surface area contributed by atoms with Gasteiger partial charge in [-0.05, 0) is 65.9 Å². The van der Waals surface area contributed by atoms with Crippen LogP contribution in [0, 0.1) is 11.6 Å². The third kappa shape index (κ3) is 8.00. The summed E-state index contributed by atoms with van der Waals surface area (Å²) in [6.45, 7) is -1.17. The fourth-order valence-corrected chi connectivity index (χ4v) is 6.70. The summed E-state index contributed by atoms with van der Waals surface area (Å²) in [7, 11) is 0. The van der Waals surface area contributed by atoms with Crippen LogP contribution < -0.4 is 15.4 Å². The molecule has 1 aliphatic heterocycles. The van der Waals surface area contributed by atoms with Crippen molar-refractivity contribution < 1.29 is 42.9 Å². The first kappa shape index (κ1) is 33.9. The van der Waals surface area contributed by atoms with Gasteiger partial charge in [0.05, 0.1) is 18.7 Å². The molecule has 0 aliphatic carbocycles. The number of benzene rings is 3. The van der Waals surface area contributed by atoms with E-state index in [0.29, 0.717) is 21.7 Å². The molecule has 45 heavy (non-hydrogen) atoms. The zero-order valence-corrected chi connectivity index (χ0v) is 25.7. The molecule has 0 bridgehead atoms. The molecular formula is C31H31F2N3O7S2. The molecule has 0 radical (unpaired) electrons. The largest absolute Gasteiger partial charge is 0.484 e. The van der Waals surface area contributed by atoms with E-state index in [0.717, 1.165) is 11.8 Å². The minimum Gasteiger partial charge on any atom is -0.484 e. The number of aliphatic hydroxyl groups excluding tert-OH is 1. The van der Waals surface area contributed by atoms with Crippen molar-refractivity contribution in [2.75, 3.05) is 35.8 Å². The zero-order valence-electron chi connectivity index (χ0n) is 24.0. The average molecular weight is 660 g/mol. The number of β-lactam (4-membered cyclic amide) rings is 1. The van der Waals surface area contributed by atoms with E-state index in [4.69, 9.17) is 10.5 Å². The number of aliphatic carboxylic acids is 1. The van der Waals surface area contributed by atoms with Gasteiger partial charge in [0.1, 0.15) is 28.7 Å². The number of imide groups is 1. The van der Waals surface area contributed by atoms with Gasteiger partial charge < -0.3 is 25.6 Å². The normalized spacial score (nSPS) is 17.3. The van der Waals surface area contributed by atoms with Crippen LogP contribution in [0.5, 0.6) is 5.75 Å². The molecule has 1 aliphatic rings. The van der Waals surface area contributed by atoms with Crippen LogP contribution in [0.25, 0.3) is 0 Å². The number of hydrogen-bond donors (Lipinski definition) is 3. The summed E-state index contributed by atoms with van der Waals surface area (Å²) in [5, 5.41) is 19.6. The number of carboxylic acids is 1. The van der Waals surface area contributed by atoms with Crippen molar-refractivity contribution in [3.05, 3.63) is 95.6 Å². The fraction of sp³-hybridized carbons (Fsp3) is 0.290. The molecule has 4 rings (SSSR count). The van der Waals surface area contributed by atoms with Crippen LogP contribution in [-0.4, -0.2) is 81.0 Å². The van der Waals surface area contributed by atoms with Gasteiger partial charge in [-0.3, -0.25) is 19.3 Å². The molecule has 0 aromatic heterocycles. The number of carboxylic acid groups (broad SMARTS) is 1. The number of amides is 3. The summed E-state index contributed by atoms with van der Waals surface area (Å²) < 4.78 is 32.5. The number of nitrogens with zero attached hydrogens (tertiary/aromatic N) is 2. The van der Waals surface area contributed by atoms with Gasteiger partial charge in [0.25, 0.3) is 5.91 Å². The minimum absolute atomic E-state index is 0.0215. The first-order chi connectivity index (χ1) is 21.5. The number of carbonyl (C=O) groups is 4. The topological polar surface area (TPSA) is 150 Å². The summed E-state index contributed by atoms with van der Waals surface area (Å²) in [4.78, 5) is 52.3. The lowest BCUT2D eigenvalue weighted by Gasteiger charge is -2.47. The molecule has 4 N–H and O–H groups in total. The van der Waals surface area contributed by atoms with E-state index in [1.165, 1.54) is 65.2 Å². The summed E-state index contributed by atoms with van der Waals surface area (Å²) in [6.07, 6.45) is 0.701. The van der Waals surface area contributed by atoms with Gasteiger partial charge in [-0.2, -0.15) is 11.8 Å². The van der Waals surface area contributed by atoms with Gasteiger partial charge in [-0.25, -0.2) is 13.6 Å². The third-order valence-corrected chi connectivity index (χ3v) is 9.03. The van der Waals surface area contributed by atoms with Gasteiger partial charge in [0.2, 0.25) is 11.8 Å². The number of rotatable bonds is 14. The van der Waals surface area contributed by atoms with Crippen LogP contribution >= 0.6 is 23.5 Å². The van der Waals surface area contributed by atoms with Crippen LogP contribution in [0.4, 0.5) is 14.5 Å². The highest BCUT2D eigenvalue weighted by molar-refractivity contribution is 8.00. The van der Waals surface area contributed by atoms with E-state index in [2.05, 4.69) is 0 Å². The van der Waals surface area contributed by atoms with E-state index in [1.54, 1.807) is 30.5 Å². The Labute approximate surface area is 266 Å². The van der Waals surface area contributed by atoms with E-state index in [1.807, 2.05) is 0 Å². The standard InChI is InChI=1S/C31H31F2N3O7S2/c1-44-16-24(31(41)42)36(26(38)14-34)27(39)15-43-23-12-4-19(5-13-23)28-29(30(40)35(28)22-10-8-21(33)9-11-22)45-17-25(37)18-2-6-20(32)7-3-18/h2-13,24-25,28-29,37H,14-17,34H2,1H3,(H,41,42)/t24-,25?,28+,29+/m0/s1. The Morgan fingerprint density at radius 3 is 2.11 bits per heavy atom. The van der Waals surface area contributed by atoms with Crippen LogP contribution in [0.1, 0.15) is 23.3 Å². The molecule has 3 aromatic rings. The van der Waals surface area contributed by atoms with Crippen LogP contribution in [-0.2, 0) is 19.2 Å². The summed E-state index contributed by atoms with van der Waals surface area (Å²) >= 11 is 2.39. The molecular weight excluding hydrogens is 628 g/mol. The average Bonchev–Trinajstić information content (AvgIpc) is 3.03. The molecule has 14 heteroatoms. The number of aliphatic hydroxyl groups is 1. The molecule has 238 valence electrons. The predicted octanol–water partition coefficient (Wildman–Crippen LogP) is 3.40. The summed E-state index contributed by atoms with van der Waals surface area (Å²) in [5.74, 6) is -3.79. The first-order valence-electron chi connectivity index (χ1n) is 13.7. The second-order valence-electron chi connectivity index (χ2n) is 9.98. The molecule has 1 fully saturated rings. The maximum atomic E-state index is 13.6. The highest BCUT2D eigenvalue weighted by atomic mass is 32.2. The Bertz CT molecular complexity index is 1510. The van der Waals surface area contributed by atoms with Crippen molar-refractivity contribution in [2.24, 2.45) is 5.73 Å². The number of thioether (sulfide) groups is 2. The molecule has 4 atom stereocenters. The van der Waals surface area contributed by atoms with Gasteiger partial charge >= 0.3 is 5.97 Å². The smallest absolute Gasteiger partial charge is 0.327 e. The molecule has 3 aromatic carbocycles. The molecule has 0 spiro atoms. The Balaban J connectivity index is 1.49. The lowest BCUT2D eigenvalue weighted by atomic mass is 9.92. The van der Waals surface area contributed by atoms with Crippen LogP contribution in [0.3, 0.4) is 0 Å². The lowest BCUT2D eigenvalue weighted by molar-refractivity contribution is -0.157. The maximum Gasteiger partial charge on any atom is 0.327 e. The van der Waals surface area contributed by atoms with Crippen molar-refractivity contribution in [1.82, 2.24) is 4.90 Å². The minimum atomic E-state index is -1.40. The Hall–Kier alpha value is -3.98. The van der Waals surface area contributed by atoms with Gasteiger partial charge in [-0.1, -0.05) is 24.3 Å². The molecule has 3 amide bonds. The second-order valence-corrected chi connectivity index (χ2v) is 12.1. The third-order valence-electron chi connectivity index (χ3n) is 7.06. The lowest BCUT2D eigenvalue weighted by Crippen LogP contribution is -2.57. The van der Waals surface area contributed by atoms with Gasteiger partial charge in [0.15, 0.2) is 6.61 Å². The van der Waals surface area contributed by atoms with Gasteiger partial charge in [0, 0.05) is 17.2 Å². The van der Waals surface area contributed by atoms with Crippen molar-refractivity contribution in [3.8, 4) is 5.75 Å². The fourth-order valence-electron chi connectivity index (χ4n) is 4.79. The number of hydrogen-bond acceptors (Lipinski definition) is 9. The van der Waals surface area contributed by atoms with E-state index in [-0.39, 0.29) is 23.2 Å². The van der Waals surface area contributed by atoms with Crippen LogP contribution in [0.2, 0.25) is 0 Å². The van der Waals surface area contributed by atoms with Gasteiger partial charge in [-0.15, -0.1) is 11.8 Å². The highest BCUT2D eigenvalue weighted by Gasteiger charge is 2.49.